The van der Waals surface area contributed by atoms with Crippen LogP contribution in [0.5, 0.6) is 0 Å². The minimum Gasteiger partial charge on any atom is -0.399 e. The van der Waals surface area contributed by atoms with Crippen molar-refractivity contribution in [3.63, 3.8) is 0 Å². The predicted molar refractivity (Wildman–Crippen MR) is 138 cm³/mol. The van der Waals surface area contributed by atoms with Crippen molar-refractivity contribution in [2.24, 2.45) is 0 Å². The van der Waals surface area contributed by atoms with E-state index in [4.69, 9.17) is 9.31 Å². The standard InChI is InChI=1S/C28H28BO2P/c1-27(2)28(3,4)31-29(30-27)24-18-10-11-19-26(24)32(22-15-6-5-7-16-22)25-20-12-14-21-13-8-9-17-23(21)25/h5-20H,1-4H3. The lowest BCUT2D eigenvalue weighted by molar-refractivity contribution is 0.00578. The van der Waals surface area contributed by atoms with Gasteiger partial charge in [0, 0.05) is 0 Å². The van der Waals surface area contributed by atoms with Gasteiger partial charge in [0.25, 0.3) is 0 Å². The van der Waals surface area contributed by atoms with Gasteiger partial charge in [0.05, 0.1) is 11.2 Å². The van der Waals surface area contributed by atoms with Crippen LogP contribution in [-0.2, 0) is 9.31 Å². The predicted octanol–water partition coefficient (Wildman–Crippen LogP) is 4.90. The van der Waals surface area contributed by atoms with Gasteiger partial charge in [-0.25, -0.2) is 0 Å². The number of benzene rings is 4. The fourth-order valence-corrected chi connectivity index (χ4v) is 6.89. The third-order valence-electron chi connectivity index (χ3n) is 6.71. The topological polar surface area (TPSA) is 18.5 Å². The van der Waals surface area contributed by atoms with Crippen molar-refractivity contribution in [1.82, 2.24) is 0 Å². The summed E-state index contributed by atoms with van der Waals surface area (Å²) in [5.41, 5.74) is 0.369. The van der Waals surface area contributed by atoms with Crippen molar-refractivity contribution in [3.8, 4) is 0 Å². The number of hydrogen-bond donors (Lipinski definition) is 0. The first-order chi connectivity index (χ1) is 15.4. The maximum Gasteiger partial charge on any atom is 0.495 e. The molecule has 5 rings (SSSR count). The Morgan fingerprint density at radius 3 is 1.91 bits per heavy atom. The minimum absolute atomic E-state index is 0.375. The molecule has 0 saturated carbocycles. The third kappa shape index (κ3) is 3.69. The molecule has 0 aliphatic carbocycles. The van der Waals surface area contributed by atoms with Crippen molar-refractivity contribution in [1.29, 1.82) is 0 Å². The zero-order valence-corrected chi connectivity index (χ0v) is 20.0. The zero-order valence-electron chi connectivity index (χ0n) is 19.1. The molecule has 32 heavy (non-hydrogen) atoms. The van der Waals surface area contributed by atoms with Crippen LogP contribution in [0.2, 0.25) is 0 Å². The molecular weight excluding hydrogens is 410 g/mol. The average Bonchev–Trinajstić information content (AvgIpc) is 3.02. The summed E-state index contributed by atoms with van der Waals surface area (Å²) in [6.45, 7) is 8.45. The molecule has 0 amide bonds. The van der Waals surface area contributed by atoms with Gasteiger partial charge in [0.2, 0.25) is 0 Å². The van der Waals surface area contributed by atoms with E-state index in [0.717, 1.165) is 5.46 Å². The summed E-state index contributed by atoms with van der Waals surface area (Å²) >= 11 is 0. The second-order valence-corrected chi connectivity index (χ2v) is 11.5. The van der Waals surface area contributed by atoms with Crippen LogP contribution in [0.1, 0.15) is 27.7 Å². The monoisotopic (exact) mass is 438 g/mol. The molecule has 1 saturated heterocycles. The molecule has 4 aromatic carbocycles. The van der Waals surface area contributed by atoms with Crippen molar-refractivity contribution in [3.05, 3.63) is 97.1 Å². The lowest BCUT2D eigenvalue weighted by Crippen LogP contribution is -2.44. The van der Waals surface area contributed by atoms with Gasteiger partial charge in [-0.2, -0.15) is 0 Å². The van der Waals surface area contributed by atoms with E-state index in [0.29, 0.717) is 0 Å². The average molecular weight is 438 g/mol. The number of fused-ring (bicyclic) bond motifs is 1. The Bertz CT molecular complexity index is 1230. The molecule has 0 spiro atoms. The molecular formula is C28H28BO2P. The molecule has 0 radical (unpaired) electrons. The molecule has 1 unspecified atom stereocenters. The van der Waals surface area contributed by atoms with Gasteiger partial charge in [-0.1, -0.05) is 97.1 Å². The summed E-state index contributed by atoms with van der Waals surface area (Å²) < 4.78 is 13.0. The molecule has 0 N–H and O–H groups in total. The van der Waals surface area contributed by atoms with Crippen LogP contribution in [-0.4, -0.2) is 18.3 Å². The normalized spacial score (nSPS) is 18.1. The first-order valence-corrected chi connectivity index (χ1v) is 12.5. The fourth-order valence-electron chi connectivity index (χ4n) is 4.25. The quantitative estimate of drug-likeness (QED) is 0.334. The van der Waals surface area contributed by atoms with Crippen LogP contribution in [0, 0.1) is 0 Å². The van der Waals surface area contributed by atoms with E-state index >= 15 is 0 Å². The van der Waals surface area contributed by atoms with Crippen molar-refractivity contribution in [2.75, 3.05) is 0 Å². The molecule has 1 atom stereocenters. The molecule has 0 aromatic heterocycles. The maximum atomic E-state index is 6.49. The Morgan fingerprint density at radius 1 is 0.594 bits per heavy atom. The van der Waals surface area contributed by atoms with Crippen molar-refractivity contribution >= 4 is 47.2 Å². The lowest BCUT2D eigenvalue weighted by Gasteiger charge is -2.32. The Morgan fingerprint density at radius 2 is 1.16 bits per heavy atom. The summed E-state index contributed by atoms with van der Waals surface area (Å²) in [5, 5.41) is 6.52. The zero-order chi connectivity index (χ0) is 22.3. The van der Waals surface area contributed by atoms with E-state index in [-0.39, 0.29) is 18.3 Å². The van der Waals surface area contributed by atoms with Crippen LogP contribution in [0.3, 0.4) is 0 Å². The minimum atomic E-state index is -0.804. The molecule has 4 aromatic rings. The molecule has 1 aliphatic rings. The van der Waals surface area contributed by atoms with E-state index in [9.17, 15) is 0 Å². The fraction of sp³-hybridized carbons (Fsp3) is 0.214. The molecule has 0 bridgehead atoms. The van der Waals surface area contributed by atoms with Gasteiger partial charge >= 0.3 is 7.12 Å². The molecule has 4 heteroatoms. The van der Waals surface area contributed by atoms with E-state index in [1.807, 2.05) is 0 Å². The van der Waals surface area contributed by atoms with Crippen molar-refractivity contribution in [2.45, 2.75) is 38.9 Å². The molecule has 160 valence electrons. The van der Waals surface area contributed by atoms with Gasteiger partial charge < -0.3 is 9.31 Å². The SMILES string of the molecule is CC1(C)OB(c2ccccc2P(c2ccccc2)c2cccc3ccccc23)OC1(C)C. The van der Waals surface area contributed by atoms with Crippen LogP contribution < -0.4 is 21.4 Å². The van der Waals surface area contributed by atoms with Gasteiger partial charge in [-0.15, -0.1) is 0 Å². The summed E-state index contributed by atoms with van der Waals surface area (Å²) in [6.07, 6.45) is 0. The molecule has 1 aliphatic heterocycles. The number of hydrogen-bond acceptors (Lipinski definition) is 2. The highest BCUT2D eigenvalue weighted by atomic mass is 31.1. The largest absolute Gasteiger partial charge is 0.495 e. The van der Waals surface area contributed by atoms with E-state index < -0.39 is 7.92 Å². The van der Waals surface area contributed by atoms with Crippen LogP contribution >= 0.6 is 7.92 Å². The van der Waals surface area contributed by atoms with E-state index in [1.165, 1.54) is 26.7 Å². The van der Waals surface area contributed by atoms with Gasteiger partial charge in [0.15, 0.2) is 0 Å². The maximum absolute atomic E-state index is 6.49. The Hall–Kier alpha value is -2.45. The van der Waals surface area contributed by atoms with Gasteiger partial charge in [-0.05, 0) is 67.8 Å². The van der Waals surface area contributed by atoms with Crippen LogP contribution in [0.25, 0.3) is 10.8 Å². The summed E-state index contributed by atoms with van der Waals surface area (Å²) in [6, 6.07) is 34.8. The van der Waals surface area contributed by atoms with E-state index in [2.05, 4.69) is 125 Å². The number of rotatable bonds is 4. The highest BCUT2D eigenvalue weighted by molar-refractivity contribution is 7.80. The smallest absolute Gasteiger partial charge is 0.399 e. The molecule has 1 heterocycles. The highest BCUT2D eigenvalue weighted by Crippen LogP contribution is 2.39. The highest BCUT2D eigenvalue weighted by Gasteiger charge is 2.52. The Balaban J connectivity index is 1.72. The lowest BCUT2D eigenvalue weighted by atomic mass is 9.79. The first kappa shape index (κ1) is 21.4. The third-order valence-corrected chi connectivity index (χ3v) is 9.28. The van der Waals surface area contributed by atoms with Crippen LogP contribution in [0.15, 0.2) is 97.1 Å². The van der Waals surface area contributed by atoms with Crippen LogP contribution in [0.4, 0.5) is 0 Å². The van der Waals surface area contributed by atoms with Gasteiger partial charge in [0.1, 0.15) is 0 Å². The Kier molecular flexibility index (Phi) is 5.46. The first-order valence-electron chi connectivity index (χ1n) is 11.1. The van der Waals surface area contributed by atoms with E-state index in [1.54, 1.807) is 0 Å². The second kappa shape index (κ2) is 8.16. The van der Waals surface area contributed by atoms with Gasteiger partial charge in [-0.3, -0.25) is 0 Å². The summed E-state index contributed by atoms with van der Waals surface area (Å²) in [7, 11) is -1.19. The second-order valence-electron chi connectivity index (χ2n) is 9.32. The van der Waals surface area contributed by atoms with Crippen molar-refractivity contribution < 1.29 is 9.31 Å². The molecule has 2 nitrogen and oxygen atoms in total. The molecule has 1 fully saturated rings. The Labute approximate surface area is 192 Å². The summed E-state index contributed by atoms with van der Waals surface area (Å²) in [5.74, 6) is 0. The summed E-state index contributed by atoms with van der Waals surface area (Å²) in [4.78, 5) is 0.